The number of fused-ring (bicyclic) bond motifs is 4. The van der Waals surface area contributed by atoms with Gasteiger partial charge in [-0.15, -0.1) is 0 Å². The van der Waals surface area contributed by atoms with Gasteiger partial charge < -0.3 is 0 Å². The third-order valence-corrected chi connectivity index (χ3v) is 5.95. The molecule has 140 valence electrons. The summed E-state index contributed by atoms with van der Waals surface area (Å²) >= 11 is 0. The van der Waals surface area contributed by atoms with Crippen LogP contribution in [0.2, 0.25) is 0 Å². The van der Waals surface area contributed by atoms with Crippen molar-refractivity contribution in [3.63, 3.8) is 0 Å². The first-order valence-corrected chi connectivity index (χ1v) is 10.2. The molecule has 1 aromatic heterocycles. The number of rotatable bonds is 4. The maximum absolute atomic E-state index is 5.03. The largest absolute Gasteiger partial charge is 0.297 e. The number of nitrogens with zero attached hydrogens (tertiary/aromatic N) is 3. The second-order valence-electron chi connectivity index (χ2n) is 7.54. The van der Waals surface area contributed by atoms with E-state index in [0.717, 1.165) is 18.6 Å². The quantitative estimate of drug-likeness (QED) is 0.419. The van der Waals surface area contributed by atoms with Crippen LogP contribution in [-0.4, -0.2) is 23.0 Å². The summed E-state index contributed by atoms with van der Waals surface area (Å²) < 4.78 is 0. The van der Waals surface area contributed by atoms with Gasteiger partial charge in [-0.1, -0.05) is 60.2 Å². The molecule has 0 radical (unpaired) electrons. The molecule has 4 aromatic rings. The molecule has 0 saturated carbocycles. The Hall–Kier alpha value is -3.07. The fourth-order valence-electron chi connectivity index (χ4n) is 4.63. The first-order chi connectivity index (χ1) is 13.7. The van der Waals surface area contributed by atoms with Crippen LogP contribution in [0, 0.1) is 6.92 Å². The van der Waals surface area contributed by atoms with Crippen molar-refractivity contribution in [2.75, 3.05) is 18.1 Å². The van der Waals surface area contributed by atoms with E-state index in [0.29, 0.717) is 0 Å². The van der Waals surface area contributed by atoms with Gasteiger partial charge in [0.25, 0.3) is 0 Å². The molecule has 5 rings (SSSR count). The molecular weight excluding hydrogens is 342 g/mol. The Bertz CT molecular complexity index is 1120. The van der Waals surface area contributed by atoms with E-state index in [2.05, 4.69) is 97.3 Å². The average molecular weight is 367 g/mol. The number of aryl methyl sites for hydroxylation is 1. The standard InChI is InChI=1S/C25H25N3/c1-4-27(5-2)28-25(22-16-17(3)14-15-23(22)26-28)24-20-12-8-6-10-18(20)19-11-7-9-13-21(19)24/h6-16,24H,4-5H2,1-3H3. The van der Waals surface area contributed by atoms with Crippen molar-refractivity contribution < 1.29 is 0 Å². The highest BCUT2D eigenvalue weighted by molar-refractivity contribution is 5.88. The molecule has 0 fully saturated rings. The minimum absolute atomic E-state index is 0.194. The zero-order chi connectivity index (χ0) is 19.3. The van der Waals surface area contributed by atoms with Crippen molar-refractivity contribution >= 4 is 10.9 Å². The van der Waals surface area contributed by atoms with Gasteiger partial charge in [-0.25, -0.2) is 0 Å². The summed E-state index contributed by atoms with van der Waals surface area (Å²) in [4.78, 5) is 2.17. The summed E-state index contributed by atoms with van der Waals surface area (Å²) in [5, 5.41) is 8.60. The zero-order valence-corrected chi connectivity index (χ0v) is 16.7. The van der Waals surface area contributed by atoms with Gasteiger partial charge >= 0.3 is 0 Å². The molecule has 1 aliphatic carbocycles. The number of hydrogen-bond donors (Lipinski definition) is 0. The molecule has 0 amide bonds. The SMILES string of the molecule is CCN(CC)n1nc2ccc(C)cc2c1C1c2ccccc2-c2ccccc21. The van der Waals surface area contributed by atoms with Crippen molar-refractivity contribution in [3.05, 3.63) is 89.1 Å². The highest BCUT2D eigenvalue weighted by Crippen LogP contribution is 2.49. The van der Waals surface area contributed by atoms with Crippen LogP contribution in [0.5, 0.6) is 0 Å². The second-order valence-corrected chi connectivity index (χ2v) is 7.54. The lowest BCUT2D eigenvalue weighted by Crippen LogP contribution is -2.37. The van der Waals surface area contributed by atoms with E-state index in [4.69, 9.17) is 5.10 Å². The molecule has 0 atom stereocenters. The second kappa shape index (κ2) is 6.52. The summed E-state index contributed by atoms with van der Waals surface area (Å²) in [7, 11) is 0. The minimum atomic E-state index is 0.194. The Morgan fingerprint density at radius 2 is 1.46 bits per heavy atom. The van der Waals surface area contributed by atoms with Crippen molar-refractivity contribution in [3.8, 4) is 11.1 Å². The molecule has 3 nitrogen and oxygen atoms in total. The van der Waals surface area contributed by atoms with E-state index in [-0.39, 0.29) is 5.92 Å². The fourth-order valence-corrected chi connectivity index (χ4v) is 4.63. The molecule has 3 aromatic carbocycles. The smallest absolute Gasteiger partial charge is 0.0947 e. The van der Waals surface area contributed by atoms with Gasteiger partial charge in [0.2, 0.25) is 0 Å². The lowest BCUT2D eigenvalue weighted by Gasteiger charge is -2.26. The predicted octanol–water partition coefficient (Wildman–Crippen LogP) is 5.48. The normalized spacial score (nSPS) is 13.0. The molecule has 0 bridgehead atoms. The molecule has 0 spiro atoms. The molecule has 0 aliphatic heterocycles. The molecule has 3 heteroatoms. The van der Waals surface area contributed by atoms with Gasteiger partial charge in [0.1, 0.15) is 0 Å². The zero-order valence-electron chi connectivity index (χ0n) is 16.7. The van der Waals surface area contributed by atoms with Crippen LogP contribution >= 0.6 is 0 Å². The van der Waals surface area contributed by atoms with Crippen LogP contribution in [0.4, 0.5) is 0 Å². The van der Waals surface area contributed by atoms with Gasteiger partial charge in [0, 0.05) is 18.5 Å². The van der Waals surface area contributed by atoms with E-state index in [1.165, 1.54) is 38.9 Å². The average Bonchev–Trinajstić information content (AvgIpc) is 3.24. The Morgan fingerprint density at radius 1 is 0.857 bits per heavy atom. The summed E-state index contributed by atoms with van der Waals surface area (Å²) in [5.41, 5.74) is 9.05. The highest BCUT2D eigenvalue weighted by atomic mass is 15.7. The van der Waals surface area contributed by atoms with E-state index in [1.54, 1.807) is 0 Å². The number of benzene rings is 3. The Balaban J connectivity index is 1.86. The van der Waals surface area contributed by atoms with Crippen LogP contribution in [0.25, 0.3) is 22.0 Å². The van der Waals surface area contributed by atoms with Gasteiger partial charge in [0.05, 0.1) is 17.1 Å². The van der Waals surface area contributed by atoms with E-state index < -0.39 is 0 Å². The Kier molecular flexibility index (Phi) is 3.97. The monoisotopic (exact) mass is 367 g/mol. The number of hydrogen-bond acceptors (Lipinski definition) is 2. The number of aromatic nitrogens is 2. The van der Waals surface area contributed by atoms with E-state index in [9.17, 15) is 0 Å². The fraction of sp³-hybridized carbons (Fsp3) is 0.240. The maximum atomic E-state index is 5.03. The van der Waals surface area contributed by atoms with E-state index >= 15 is 0 Å². The third kappa shape index (κ3) is 2.39. The van der Waals surface area contributed by atoms with Gasteiger partial charge in [-0.05, 0) is 55.2 Å². The van der Waals surface area contributed by atoms with Crippen LogP contribution in [0.1, 0.15) is 42.1 Å². The lowest BCUT2D eigenvalue weighted by molar-refractivity contribution is 0.536. The Morgan fingerprint density at radius 3 is 2.07 bits per heavy atom. The minimum Gasteiger partial charge on any atom is -0.297 e. The molecule has 0 unspecified atom stereocenters. The van der Waals surface area contributed by atoms with Gasteiger partial charge in [-0.3, -0.25) is 5.01 Å². The first-order valence-electron chi connectivity index (χ1n) is 10.2. The van der Waals surface area contributed by atoms with Crippen molar-refractivity contribution in [2.24, 2.45) is 0 Å². The highest BCUT2D eigenvalue weighted by Gasteiger charge is 2.34. The maximum Gasteiger partial charge on any atom is 0.0947 e. The van der Waals surface area contributed by atoms with Gasteiger partial charge in [0.15, 0.2) is 0 Å². The summed E-state index contributed by atoms with van der Waals surface area (Å²) in [6, 6.07) is 24.3. The van der Waals surface area contributed by atoms with Crippen molar-refractivity contribution in [1.29, 1.82) is 0 Å². The molecule has 1 aliphatic rings. The molecule has 0 N–H and O–H groups in total. The molecular formula is C25H25N3. The molecule has 1 heterocycles. The summed E-state index contributed by atoms with van der Waals surface area (Å²) in [6.07, 6.45) is 0. The van der Waals surface area contributed by atoms with Crippen LogP contribution in [0.15, 0.2) is 66.7 Å². The first kappa shape index (κ1) is 17.1. The lowest BCUT2D eigenvalue weighted by atomic mass is 9.91. The molecule has 28 heavy (non-hydrogen) atoms. The third-order valence-electron chi connectivity index (χ3n) is 5.95. The van der Waals surface area contributed by atoms with Crippen molar-refractivity contribution in [1.82, 2.24) is 9.89 Å². The summed E-state index contributed by atoms with van der Waals surface area (Å²) in [6.45, 7) is 8.40. The summed E-state index contributed by atoms with van der Waals surface area (Å²) in [5.74, 6) is 0.194. The van der Waals surface area contributed by atoms with Crippen LogP contribution < -0.4 is 5.01 Å². The van der Waals surface area contributed by atoms with Crippen LogP contribution in [-0.2, 0) is 0 Å². The Labute approximate surface area is 166 Å². The van der Waals surface area contributed by atoms with Crippen LogP contribution in [0.3, 0.4) is 0 Å². The van der Waals surface area contributed by atoms with E-state index in [1.807, 2.05) is 0 Å². The van der Waals surface area contributed by atoms with Crippen molar-refractivity contribution in [2.45, 2.75) is 26.7 Å². The topological polar surface area (TPSA) is 21.1 Å². The molecule has 0 saturated heterocycles. The predicted molar refractivity (Wildman–Crippen MR) is 117 cm³/mol. The van der Waals surface area contributed by atoms with Gasteiger partial charge in [-0.2, -0.15) is 9.89 Å².